The standard InChI is InChI=1S/C18H16N4O3S/c23-15-8-7-13(19-15)18(24)20-12-5-2-1-4-11(12)10-16-21-17(22-25-16)14-6-3-9-26-14/h1-6,9,13H,7-8,10H2,(H,19,23)(H,20,24). The van der Waals surface area contributed by atoms with Crippen molar-refractivity contribution in [3.8, 4) is 10.7 Å². The highest BCUT2D eigenvalue weighted by Crippen LogP contribution is 2.24. The summed E-state index contributed by atoms with van der Waals surface area (Å²) in [6, 6.07) is 10.8. The topological polar surface area (TPSA) is 97.1 Å². The first-order chi connectivity index (χ1) is 12.7. The van der Waals surface area contributed by atoms with Gasteiger partial charge in [-0.25, -0.2) is 0 Å². The summed E-state index contributed by atoms with van der Waals surface area (Å²) in [6.45, 7) is 0. The van der Waals surface area contributed by atoms with E-state index in [1.807, 2.05) is 41.8 Å². The lowest BCUT2D eigenvalue weighted by atomic mass is 10.1. The summed E-state index contributed by atoms with van der Waals surface area (Å²) in [4.78, 5) is 29.0. The van der Waals surface area contributed by atoms with Gasteiger partial charge in [-0.05, 0) is 29.5 Å². The van der Waals surface area contributed by atoms with E-state index in [1.54, 1.807) is 11.3 Å². The van der Waals surface area contributed by atoms with E-state index in [9.17, 15) is 9.59 Å². The molecule has 4 rings (SSSR count). The molecule has 26 heavy (non-hydrogen) atoms. The number of amides is 2. The molecule has 3 aromatic rings. The van der Waals surface area contributed by atoms with Crippen molar-refractivity contribution in [2.24, 2.45) is 0 Å². The predicted octanol–water partition coefficient (Wildman–Crippen LogP) is 2.61. The minimum atomic E-state index is -0.482. The number of nitrogens with one attached hydrogen (secondary N) is 2. The molecule has 0 bridgehead atoms. The molecule has 0 aliphatic carbocycles. The van der Waals surface area contributed by atoms with Crippen LogP contribution in [0.2, 0.25) is 0 Å². The lowest BCUT2D eigenvalue weighted by Crippen LogP contribution is -2.37. The van der Waals surface area contributed by atoms with Crippen molar-refractivity contribution in [3.63, 3.8) is 0 Å². The Morgan fingerprint density at radius 1 is 1.31 bits per heavy atom. The van der Waals surface area contributed by atoms with Crippen molar-refractivity contribution in [2.75, 3.05) is 5.32 Å². The largest absolute Gasteiger partial charge is 0.344 e. The van der Waals surface area contributed by atoms with Gasteiger partial charge in [0.2, 0.25) is 23.5 Å². The van der Waals surface area contributed by atoms with Crippen LogP contribution in [0.15, 0.2) is 46.3 Å². The normalized spacial score (nSPS) is 16.5. The first-order valence-corrected chi connectivity index (χ1v) is 9.11. The van der Waals surface area contributed by atoms with Crippen LogP contribution in [-0.4, -0.2) is 28.0 Å². The number of rotatable bonds is 5. The lowest BCUT2D eigenvalue weighted by molar-refractivity contribution is -0.122. The van der Waals surface area contributed by atoms with E-state index in [2.05, 4.69) is 20.8 Å². The number of thiophene rings is 1. The third-order valence-corrected chi connectivity index (χ3v) is 5.00. The second-order valence-electron chi connectivity index (χ2n) is 5.97. The molecular weight excluding hydrogens is 352 g/mol. The molecule has 1 aromatic carbocycles. The van der Waals surface area contributed by atoms with E-state index in [0.29, 0.717) is 36.7 Å². The molecule has 2 aromatic heterocycles. The van der Waals surface area contributed by atoms with Crippen LogP contribution in [0.1, 0.15) is 24.3 Å². The van der Waals surface area contributed by atoms with Gasteiger partial charge in [0.15, 0.2) is 0 Å². The van der Waals surface area contributed by atoms with Gasteiger partial charge in [0.25, 0.3) is 0 Å². The first kappa shape index (κ1) is 16.5. The maximum absolute atomic E-state index is 12.3. The maximum Gasteiger partial charge on any atom is 0.246 e. The highest BCUT2D eigenvalue weighted by Gasteiger charge is 2.27. The summed E-state index contributed by atoms with van der Waals surface area (Å²) in [7, 11) is 0. The van der Waals surface area contributed by atoms with Crippen LogP contribution in [-0.2, 0) is 16.0 Å². The molecule has 1 aliphatic heterocycles. The summed E-state index contributed by atoms with van der Waals surface area (Å²) in [5, 5.41) is 11.5. The van der Waals surface area contributed by atoms with Gasteiger partial charge in [-0.15, -0.1) is 11.3 Å². The van der Waals surface area contributed by atoms with Crippen molar-refractivity contribution >= 4 is 28.8 Å². The number of benzene rings is 1. The van der Waals surface area contributed by atoms with Gasteiger partial charge in [0.1, 0.15) is 6.04 Å². The van der Waals surface area contributed by atoms with Crippen molar-refractivity contribution in [3.05, 3.63) is 53.2 Å². The van der Waals surface area contributed by atoms with Crippen molar-refractivity contribution in [2.45, 2.75) is 25.3 Å². The third-order valence-electron chi connectivity index (χ3n) is 4.14. The summed E-state index contributed by atoms with van der Waals surface area (Å²) in [6.07, 6.45) is 1.31. The van der Waals surface area contributed by atoms with E-state index < -0.39 is 6.04 Å². The Balaban J connectivity index is 1.49. The van der Waals surface area contributed by atoms with Crippen LogP contribution in [0.25, 0.3) is 10.7 Å². The minimum Gasteiger partial charge on any atom is -0.344 e. The highest BCUT2D eigenvalue weighted by molar-refractivity contribution is 7.13. The molecule has 3 heterocycles. The molecule has 1 saturated heterocycles. The quantitative estimate of drug-likeness (QED) is 0.721. The number of carbonyl (C=O) groups excluding carboxylic acids is 2. The Bertz CT molecular complexity index is 936. The zero-order valence-electron chi connectivity index (χ0n) is 13.8. The molecule has 2 N–H and O–H groups in total. The van der Waals surface area contributed by atoms with Gasteiger partial charge >= 0.3 is 0 Å². The molecule has 8 heteroatoms. The second kappa shape index (κ2) is 7.09. The van der Waals surface area contributed by atoms with E-state index in [0.717, 1.165) is 10.4 Å². The molecule has 7 nitrogen and oxygen atoms in total. The van der Waals surface area contributed by atoms with Gasteiger partial charge in [-0.3, -0.25) is 9.59 Å². The van der Waals surface area contributed by atoms with Crippen LogP contribution < -0.4 is 10.6 Å². The molecule has 1 fully saturated rings. The lowest BCUT2D eigenvalue weighted by Gasteiger charge is -2.13. The number of carbonyl (C=O) groups is 2. The Hall–Kier alpha value is -3.00. The Kier molecular flexibility index (Phi) is 4.49. The fraction of sp³-hybridized carbons (Fsp3) is 0.222. The SMILES string of the molecule is O=C1CCC(C(=O)Nc2ccccc2Cc2nc(-c3cccs3)no2)N1. The van der Waals surface area contributed by atoms with Crippen molar-refractivity contribution in [1.82, 2.24) is 15.5 Å². The number of aromatic nitrogens is 2. The maximum atomic E-state index is 12.3. The van der Waals surface area contributed by atoms with E-state index in [1.165, 1.54) is 0 Å². The molecule has 0 saturated carbocycles. The minimum absolute atomic E-state index is 0.0922. The molecule has 0 spiro atoms. The molecular formula is C18H16N4O3S. The number of nitrogens with zero attached hydrogens (tertiary/aromatic N) is 2. The van der Waals surface area contributed by atoms with Crippen LogP contribution in [0, 0.1) is 0 Å². The molecule has 132 valence electrons. The van der Waals surface area contributed by atoms with Crippen molar-refractivity contribution < 1.29 is 14.1 Å². The Labute approximate surface area is 153 Å². The average Bonchev–Trinajstić information content (AvgIpc) is 3.37. The molecule has 1 unspecified atom stereocenters. The first-order valence-electron chi connectivity index (χ1n) is 8.23. The summed E-state index contributed by atoms with van der Waals surface area (Å²) < 4.78 is 5.34. The van der Waals surface area contributed by atoms with Crippen LogP contribution in [0.3, 0.4) is 0 Å². The Morgan fingerprint density at radius 3 is 2.96 bits per heavy atom. The third kappa shape index (κ3) is 3.50. The van der Waals surface area contributed by atoms with Crippen LogP contribution in [0.5, 0.6) is 0 Å². The number of hydrogen-bond acceptors (Lipinski definition) is 6. The molecule has 1 atom stereocenters. The van der Waals surface area contributed by atoms with Crippen molar-refractivity contribution in [1.29, 1.82) is 0 Å². The van der Waals surface area contributed by atoms with Crippen LogP contribution >= 0.6 is 11.3 Å². The fourth-order valence-corrected chi connectivity index (χ4v) is 3.47. The van der Waals surface area contributed by atoms with Gasteiger partial charge in [0, 0.05) is 12.1 Å². The Morgan fingerprint density at radius 2 is 2.19 bits per heavy atom. The summed E-state index contributed by atoms with van der Waals surface area (Å²) >= 11 is 1.55. The monoisotopic (exact) mass is 368 g/mol. The second-order valence-corrected chi connectivity index (χ2v) is 6.92. The zero-order valence-corrected chi connectivity index (χ0v) is 14.6. The molecule has 2 amide bonds. The van der Waals surface area contributed by atoms with Crippen LogP contribution in [0.4, 0.5) is 5.69 Å². The van der Waals surface area contributed by atoms with E-state index >= 15 is 0 Å². The van der Waals surface area contributed by atoms with Gasteiger partial charge < -0.3 is 15.2 Å². The molecule has 0 radical (unpaired) electrons. The fourth-order valence-electron chi connectivity index (χ4n) is 2.82. The summed E-state index contributed by atoms with van der Waals surface area (Å²) in [5.74, 6) is 0.730. The molecule has 1 aliphatic rings. The number of para-hydroxylation sites is 1. The number of anilines is 1. The highest BCUT2D eigenvalue weighted by atomic mass is 32.1. The van der Waals surface area contributed by atoms with Gasteiger partial charge in [-0.2, -0.15) is 4.98 Å². The predicted molar refractivity (Wildman–Crippen MR) is 96.7 cm³/mol. The average molecular weight is 368 g/mol. The summed E-state index contributed by atoms with van der Waals surface area (Å²) in [5.41, 5.74) is 1.54. The van der Waals surface area contributed by atoms with Gasteiger partial charge in [0.05, 0.1) is 11.3 Å². The van der Waals surface area contributed by atoms with E-state index in [-0.39, 0.29) is 11.8 Å². The number of hydrogen-bond donors (Lipinski definition) is 2. The smallest absolute Gasteiger partial charge is 0.246 e. The van der Waals surface area contributed by atoms with Gasteiger partial charge in [-0.1, -0.05) is 29.4 Å². The zero-order chi connectivity index (χ0) is 17.9. The van der Waals surface area contributed by atoms with E-state index in [4.69, 9.17) is 4.52 Å².